The van der Waals surface area contributed by atoms with E-state index in [9.17, 15) is 14.4 Å². The molecule has 0 spiro atoms. The fourth-order valence-electron chi connectivity index (χ4n) is 3.84. The van der Waals surface area contributed by atoms with Crippen molar-refractivity contribution in [2.24, 2.45) is 0 Å². The van der Waals surface area contributed by atoms with Gasteiger partial charge in [-0.1, -0.05) is 48.5 Å². The van der Waals surface area contributed by atoms with E-state index in [1.54, 1.807) is 6.92 Å². The highest BCUT2D eigenvalue weighted by Gasteiger charge is 2.26. The van der Waals surface area contributed by atoms with Crippen LogP contribution in [0.4, 0.5) is 0 Å². The summed E-state index contributed by atoms with van der Waals surface area (Å²) in [5.41, 5.74) is 4.52. The van der Waals surface area contributed by atoms with Crippen LogP contribution in [-0.4, -0.2) is 36.0 Å². The molecular weight excluding hydrogens is 472 g/mol. The first-order valence-corrected chi connectivity index (χ1v) is 11.7. The van der Waals surface area contributed by atoms with Gasteiger partial charge in [-0.05, 0) is 49.9 Å². The number of carbonyl (C=O) groups excluding carboxylic acids is 3. The number of methoxy groups -OCH3 is 1. The first-order chi connectivity index (χ1) is 17.6. The van der Waals surface area contributed by atoms with E-state index in [0.29, 0.717) is 5.76 Å². The van der Waals surface area contributed by atoms with Gasteiger partial charge in [-0.25, -0.2) is 9.78 Å². The van der Waals surface area contributed by atoms with Gasteiger partial charge in [-0.2, -0.15) is 0 Å². The van der Waals surface area contributed by atoms with E-state index in [1.807, 2.05) is 62.4 Å². The number of hydrogen-bond donors (Lipinski definition) is 1. The van der Waals surface area contributed by atoms with Crippen LogP contribution in [0.2, 0.25) is 0 Å². The molecule has 0 aliphatic rings. The molecule has 0 fully saturated rings. The van der Waals surface area contributed by atoms with Crippen molar-refractivity contribution in [2.75, 3.05) is 7.11 Å². The van der Waals surface area contributed by atoms with Crippen molar-refractivity contribution >= 4 is 23.4 Å². The first kappa shape index (κ1) is 27.1. The van der Waals surface area contributed by atoms with Gasteiger partial charge < -0.3 is 19.5 Å². The Morgan fingerprint density at radius 2 is 1.46 bits per heavy atom. The number of pyridine rings is 1. The molecule has 0 unspecified atom stereocenters. The Balaban J connectivity index is 1.90. The Morgan fingerprint density at radius 3 is 1.97 bits per heavy atom. The molecular formula is C29H30N2O6. The summed E-state index contributed by atoms with van der Waals surface area (Å²) in [7, 11) is 1.37. The van der Waals surface area contributed by atoms with Crippen LogP contribution < -0.4 is 14.8 Å². The second-order valence-electron chi connectivity index (χ2n) is 8.46. The molecule has 8 heteroatoms. The number of aryl methyl sites for hydroxylation is 2. The lowest BCUT2D eigenvalue weighted by Gasteiger charge is -2.19. The monoisotopic (exact) mass is 502 g/mol. The van der Waals surface area contributed by atoms with Crippen LogP contribution in [-0.2, 0) is 14.3 Å². The average molecular weight is 503 g/mol. The molecule has 8 nitrogen and oxygen atoms in total. The Hall–Kier alpha value is -4.46. The van der Waals surface area contributed by atoms with Crippen molar-refractivity contribution in [3.63, 3.8) is 0 Å². The number of nitrogens with one attached hydrogen (secondary N) is 1. The zero-order valence-corrected chi connectivity index (χ0v) is 21.7. The summed E-state index contributed by atoms with van der Waals surface area (Å²) in [5.74, 6) is -1.61. The average Bonchev–Trinajstić information content (AvgIpc) is 2.86. The van der Waals surface area contributed by atoms with Gasteiger partial charge in [-0.15, -0.1) is 0 Å². The van der Waals surface area contributed by atoms with Crippen LogP contribution in [0, 0.1) is 13.8 Å². The molecule has 37 heavy (non-hydrogen) atoms. The summed E-state index contributed by atoms with van der Waals surface area (Å²) in [5, 5.41) is 2.56. The van der Waals surface area contributed by atoms with E-state index in [1.165, 1.54) is 33.2 Å². The summed E-state index contributed by atoms with van der Waals surface area (Å²) in [6.45, 7) is 8.41. The van der Waals surface area contributed by atoms with Crippen molar-refractivity contribution in [3.05, 3.63) is 94.5 Å². The minimum absolute atomic E-state index is 0.131. The molecule has 1 N–H and O–H groups in total. The number of allylic oxidation sites excluding steroid dienone is 1. The molecule has 1 heterocycles. The third kappa shape index (κ3) is 6.41. The molecule has 0 bridgehead atoms. The molecule has 3 aromatic rings. The number of nitrogens with zero attached hydrogens (tertiary/aromatic N) is 1. The lowest BCUT2D eigenvalue weighted by molar-refractivity contribution is -0.141. The summed E-state index contributed by atoms with van der Waals surface area (Å²) in [4.78, 5) is 41.5. The third-order valence-electron chi connectivity index (χ3n) is 5.68. The third-order valence-corrected chi connectivity index (χ3v) is 5.68. The largest absolute Gasteiger partial charge is 0.493 e. The maximum atomic E-state index is 13.0. The number of hydrogen-bond acceptors (Lipinski definition) is 7. The van der Waals surface area contributed by atoms with E-state index in [-0.39, 0.29) is 17.2 Å². The summed E-state index contributed by atoms with van der Waals surface area (Å²) in [6.07, 6.45) is 1.34. The van der Waals surface area contributed by atoms with Gasteiger partial charge in [0.15, 0.2) is 11.4 Å². The van der Waals surface area contributed by atoms with Gasteiger partial charge in [0.25, 0.3) is 5.91 Å². The quantitative estimate of drug-likeness (QED) is 0.349. The molecule has 192 valence electrons. The number of benzene rings is 2. The Kier molecular flexibility index (Phi) is 8.79. The Labute approximate surface area is 216 Å². The van der Waals surface area contributed by atoms with E-state index in [4.69, 9.17) is 14.2 Å². The van der Waals surface area contributed by atoms with Crippen molar-refractivity contribution in [3.8, 4) is 11.5 Å². The fraction of sp³-hybridized carbons (Fsp3) is 0.241. The lowest BCUT2D eigenvalue weighted by atomic mass is 9.91. The number of rotatable bonds is 8. The van der Waals surface area contributed by atoms with Gasteiger partial charge >= 0.3 is 11.9 Å². The zero-order valence-electron chi connectivity index (χ0n) is 21.7. The van der Waals surface area contributed by atoms with E-state index in [2.05, 4.69) is 10.3 Å². The lowest BCUT2D eigenvalue weighted by Crippen LogP contribution is -2.40. The Bertz CT molecular complexity index is 1310. The molecule has 0 saturated heterocycles. The maximum Gasteiger partial charge on any atom is 0.333 e. The fourth-order valence-corrected chi connectivity index (χ4v) is 3.84. The number of aromatic nitrogens is 1. The molecule has 1 aromatic heterocycles. The van der Waals surface area contributed by atoms with E-state index < -0.39 is 23.9 Å². The summed E-state index contributed by atoms with van der Waals surface area (Å²) < 4.78 is 16.1. The maximum absolute atomic E-state index is 13.0. The molecule has 0 radical (unpaired) electrons. The molecule has 0 saturated carbocycles. The number of esters is 2. The smallest absolute Gasteiger partial charge is 0.333 e. The minimum Gasteiger partial charge on any atom is -0.493 e. The second kappa shape index (κ2) is 12.0. The number of amides is 1. The van der Waals surface area contributed by atoms with Gasteiger partial charge in [0.2, 0.25) is 5.75 Å². The van der Waals surface area contributed by atoms with Crippen LogP contribution >= 0.6 is 0 Å². The van der Waals surface area contributed by atoms with Crippen molar-refractivity contribution in [1.82, 2.24) is 10.3 Å². The van der Waals surface area contributed by atoms with Crippen molar-refractivity contribution in [1.29, 1.82) is 0 Å². The predicted molar refractivity (Wildman–Crippen MR) is 139 cm³/mol. The normalized spacial score (nSPS) is 11.2. The topological polar surface area (TPSA) is 104 Å². The van der Waals surface area contributed by atoms with E-state index in [0.717, 1.165) is 27.8 Å². The highest BCUT2D eigenvalue weighted by atomic mass is 16.6. The predicted octanol–water partition coefficient (Wildman–Crippen LogP) is 4.77. The van der Waals surface area contributed by atoms with Crippen LogP contribution in [0.1, 0.15) is 53.5 Å². The molecule has 0 aliphatic heterocycles. The van der Waals surface area contributed by atoms with Gasteiger partial charge in [0.05, 0.1) is 7.11 Å². The van der Waals surface area contributed by atoms with Gasteiger partial charge in [0.1, 0.15) is 11.8 Å². The van der Waals surface area contributed by atoms with Gasteiger partial charge in [0, 0.05) is 24.8 Å². The van der Waals surface area contributed by atoms with Crippen molar-refractivity contribution < 1.29 is 28.6 Å². The van der Waals surface area contributed by atoms with Crippen LogP contribution in [0.5, 0.6) is 11.5 Å². The first-order valence-electron chi connectivity index (χ1n) is 11.7. The van der Waals surface area contributed by atoms with Crippen LogP contribution in [0.15, 0.2) is 66.6 Å². The standard InChI is InChI=1S/C29H30N2O6/c1-17-11-7-9-13-22(17)25(23-14-10-8-12-18(23)2)20(4)36-29(34)19(3)31-28(33)26-27(37-21(5)32)24(35-6)15-16-30-26/h7-16,19H,1-6H3,(H,31,33)/t19-/m0/s1. The molecule has 0 aliphatic carbocycles. The SMILES string of the molecule is COc1ccnc(C(=O)N[C@@H](C)C(=O)OC(C)=C(c2ccccc2C)c2ccccc2C)c1OC(C)=O. The summed E-state index contributed by atoms with van der Waals surface area (Å²) >= 11 is 0. The number of carbonyl (C=O) groups is 3. The van der Waals surface area contributed by atoms with Gasteiger partial charge in [-0.3, -0.25) is 9.59 Å². The zero-order chi connectivity index (χ0) is 27.1. The van der Waals surface area contributed by atoms with Crippen LogP contribution in [0.25, 0.3) is 5.57 Å². The van der Waals surface area contributed by atoms with Crippen molar-refractivity contribution in [2.45, 2.75) is 40.7 Å². The highest BCUT2D eigenvalue weighted by molar-refractivity contribution is 5.99. The highest BCUT2D eigenvalue weighted by Crippen LogP contribution is 2.32. The Morgan fingerprint density at radius 1 is 0.892 bits per heavy atom. The summed E-state index contributed by atoms with van der Waals surface area (Å²) in [6, 6.07) is 16.1. The molecule has 3 rings (SSSR count). The molecule has 1 atom stereocenters. The minimum atomic E-state index is -1.03. The molecule has 1 amide bonds. The van der Waals surface area contributed by atoms with E-state index >= 15 is 0 Å². The van der Waals surface area contributed by atoms with Crippen LogP contribution in [0.3, 0.4) is 0 Å². The molecule has 2 aromatic carbocycles. The second-order valence-corrected chi connectivity index (χ2v) is 8.46. The number of ether oxygens (including phenoxy) is 3.